The summed E-state index contributed by atoms with van der Waals surface area (Å²) < 4.78 is 0. The van der Waals surface area contributed by atoms with Crippen molar-refractivity contribution in [2.75, 3.05) is 6.54 Å². The van der Waals surface area contributed by atoms with E-state index in [0.29, 0.717) is 12.6 Å². The Morgan fingerprint density at radius 3 is 3.00 bits per heavy atom. The van der Waals surface area contributed by atoms with Gasteiger partial charge in [-0.2, -0.15) is 0 Å². The molecule has 1 aromatic carbocycles. The first-order valence-corrected chi connectivity index (χ1v) is 7.14. The minimum atomic E-state index is 0.0910. The van der Waals surface area contributed by atoms with Crippen LogP contribution in [0.25, 0.3) is 11.0 Å². The standard InChI is InChI=1S/C16H19N3O/c1-2-9-19(13-5-3-4-6-13)16(20)12-7-8-14-15(10-12)18-11-17-14/h2,7-8,10-11,13H,1,3-6,9H2,(H,17,18). The van der Waals surface area contributed by atoms with Gasteiger partial charge in [0.15, 0.2) is 0 Å². The number of fused-ring (bicyclic) bond motifs is 1. The molecule has 3 rings (SSSR count). The summed E-state index contributed by atoms with van der Waals surface area (Å²) in [7, 11) is 0. The molecule has 1 fully saturated rings. The molecule has 0 aliphatic heterocycles. The number of aromatic amines is 1. The number of aromatic nitrogens is 2. The van der Waals surface area contributed by atoms with Crippen LogP contribution in [0.1, 0.15) is 36.0 Å². The quantitative estimate of drug-likeness (QED) is 0.867. The van der Waals surface area contributed by atoms with E-state index in [1.165, 1.54) is 12.8 Å². The fourth-order valence-corrected chi connectivity index (χ4v) is 2.99. The molecule has 0 spiro atoms. The second-order valence-electron chi connectivity index (χ2n) is 5.32. The zero-order valence-electron chi connectivity index (χ0n) is 11.5. The van der Waals surface area contributed by atoms with Gasteiger partial charge in [0, 0.05) is 18.2 Å². The van der Waals surface area contributed by atoms with Gasteiger partial charge in [-0.05, 0) is 31.0 Å². The second-order valence-corrected chi connectivity index (χ2v) is 5.32. The number of carbonyl (C=O) groups excluding carboxylic acids is 1. The van der Waals surface area contributed by atoms with E-state index in [1.54, 1.807) is 6.33 Å². The maximum Gasteiger partial charge on any atom is 0.254 e. The third-order valence-electron chi connectivity index (χ3n) is 4.02. The van der Waals surface area contributed by atoms with E-state index in [0.717, 1.165) is 29.4 Å². The summed E-state index contributed by atoms with van der Waals surface area (Å²) in [5, 5.41) is 0. The molecular formula is C16H19N3O. The number of carbonyl (C=O) groups is 1. The molecule has 1 amide bonds. The molecule has 20 heavy (non-hydrogen) atoms. The number of H-pyrrole nitrogens is 1. The minimum Gasteiger partial charge on any atom is -0.345 e. The van der Waals surface area contributed by atoms with E-state index in [1.807, 2.05) is 29.2 Å². The van der Waals surface area contributed by atoms with Gasteiger partial charge in [-0.1, -0.05) is 18.9 Å². The van der Waals surface area contributed by atoms with Gasteiger partial charge in [0.2, 0.25) is 0 Å². The molecule has 1 heterocycles. The highest BCUT2D eigenvalue weighted by Gasteiger charge is 2.26. The number of nitrogens with one attached hydrogen (secondary N) is 1. The van der Waals surface area contributed by atoms with Crippen molar-refractivity contribution < 1.29 is 4.79 Å². The number of imidazole rings is 1. The average molecular weight is 269 g/mol. The van der Waals surface area contributed by atoms with Gasteiger partial charge in [0.25, 0.3) is 5.91 Å². The van der Waals surface area contributed by atoms with Crippen molar-refractivity contribution in [3.05, 3.63) is 42.7 Å². The van der Waals surface area contributed by atoms with Crippen molar-refractivity contribution in [1.82, 2.24) is 14.9 Å². The van der Waals surface area contributed by atoms with Gasteiger partial charge < -0.3 is 9.88 Å². The first-order valence-electron chi connectivity index (χ1n) is 7.14. The SMILES string of the molecule is C=CCN(C(=O)c1ccc2nc[nH]c2c1)C1CCCC1. The topological polar surface area (TPSA) is 49.0 Å². The van der Waals surface area contributed by atoms with Crippen LogP contribution < -0.4 is 0 Å². The van der Waals surface area contributed by atoms with Crippen molar-refractivity contribution in [2.24, 2.45) is 0 Å². The zero-order valence-corrected chi connectivity index (χ0v) is 11.5. The van der Waals surface area contributed by atoms with Crippen LogP contribution in [0.2, 0.25) is 0 Å². The number of hydrogen-bond acceptors (Lipinski definition) is 2. The van der Waals surface area contributed by atoms with E-state index in [-0.39, 0.29) is 5.91 Å². The molecule has 0 saturated heterocycles. The highest BCUT2D eigenvalue weighted by Crippen LogP contribution is 2.25. The summed E-state index contributed by atoms with van der Waals surface area (Å²) in [5.74, 6) is 0.0910. The highest BCUT2D eigenvalue weighted by molar-refractivity contribution is 5.97. The Morgan fingerprint density at radius 1 is 1.45 bits per heavy atom. The molecule has 1 aliphatic rings. The van der Waals surface area contributed by atoms with E-state index in [2.05, 4.69) is 16.5 Å². The summed E-state index contributed by atoms with van der Waals surface area (Å²) in [4.78, 5) is 21.9. The van der Waals surface area contributed by atoms with Gasteiger partial charge in [0.05, 0.1) is 17.4 Å². The highest BCUT2D eigenvalue weighted by atomic mass is 16.2. The van der Waals surface area contributed by atoms with E-state index in [9.17, 15) is 4.79 Å². The molecule has 4 nitrogen and oxygen atoms in total. The van der Waals surface area contributed by atoms with Crippen molar-refractivity contribution in [1.29, 1.82) is 0 Å². The van der Waals surface area contributed by atoms with E-state index >= 15 is 0 Å². The lowest BCUT2D eigenvalue weighted by molar-refractivity contribution is 0.0706. The van der Waals surface area contributed by atoms with Crippen LogP contribution in [0.4, 0.5) is 0 Å². The van der Waals surface area contributed by atoms with Crippen molar-refractivity contribution in [3.63, 3.8) is 0 Å². The first kappa shape index (κ1) is 12.9. The Balaban J connectivity index is 1.88. The average Bonchev–Trinajstić information content (AvgIpc) is 3.13. The molecule has 4 heteroatoms. The molecule has 1 N–H and O–H groups in total. The summed E-state index contributed by atoms with van der Waals surface area (Å²) in [6.45, 7) is 4.40. The number of amides is 1. The van der Waals surface area contributed by atoms with Crippen molar-refractivity contribution in [3.8, 4) is 0 Å². The maximum absolute atomic E-state index is 12.7. The fourth-order valence-electron chi connectivity index (χ4n) is 2.99. The molecular weight excluding hydrogens is 250 g/mol. The van der Waals surface area contributed by atoms with Crippen LogP contribution in [0.15, 0.2) is 37.2 Å². The molecule has 0 unspecified atom stereocenters. The summed E-state index contributed by atoms with van der Waals surface area (Å²) in [5.41, 5.74) is 2.51. The molecule has 2 aromatic rings. The van der Waals surface area contributed by atoms with Gasteiger partial charge in [-0.15, -0.1) is 6.58 Å². The summed E-state index contributed by atoms with van der Waals surface area (Å²) in [6.07, 6.45) is 8.09. The number of benzene rings is 1. The Labute approximate surface area is 118 Å². The third kappa shape index (κ3) is 2.33. The number of hydrogen-bond donors (Lipinski definition) is 1. The summed E-state index contributed by atoms with van der Waals surface area (Å²) in [6, 6.07) is 5.99. The zero-order chi connectivity index (χ0) is 13.9. The lowest BCUT2D eigenvalue weighted by atomic mass is 10.1. The minimum absolute atomic E-state index is 0.0910. The molecule has 1 saturated carbocycles. The van der Waals surface area contributed by atoms with Crippen molar-refractivity contribution in [2.45, 2.75) is 31.7 Å². The smallest absolute Gasteiger partial charge is 0.254 e. The number of nitrogens with zero attached hydrogens (tertiary/aromatic N) is 2. The Hall–Kier alpha value is -2.10. The molecule has 0 bridgehead atoms. The molecule has 1 aromatic heterocycles. The normalized spacial score (nSPS) is 15.6. The predicted octanol–water partition coefficient (Wildman–Crippen LogP) is 3.13. The number of rotatable bonds is 4. The van der Waals surface area contributed by atoms with Crippen LogP contribution in [0.3, 0.4) is 0 Å². The van der Waals surface area contributed by atoms with Crippen LogP contribution in [0, 0.1) is 0 Å². The molecule has 0 radical (unpaired) electrons. The Bertz CT molecular complexity index is 625. The van der Waals surface area contributed by atoms with Crippen LogP contribution >= 0.6 is 0 Å². The van der Waals surface area contributed by atoms with Crippen LogP contribution in [0.5, 0.6) is 0 Å². The maximum atomic E-state index is 12.7. The molecule has 1 aliphatic carbocycles. The monoisotopic (exact) mass is 269 g/mol. The fraction of sp³-hybridized carbons (Fsp3) is 0.375. The molecule has 0 atom stereocenters. The van der Waals surface area contributed by atoms with Gasteiger partial charge in [-0.3, -0.25) is 4.79 Å². The second kappa shape index (κ2) is 5.49. The Kier molecular flexibility index (Phi) is 3.54. The largest absolute Gasteiger partial charge is 0.345 e. The van der Waals surface area contributed by atoms with E-state index in [4.69, 9.17) is 0 Å². The Morgan fingerprint density at radius 2 is 2.25 bits per heavy atom. The van der Waals surface area contributed by atoms with Gasteiger partial charge in [-0.25, -0.2) is 4.98 Å². The lowest BCUT2D eigenvalue weighted by Crippen LogP contribution is -2.38. The van der Waals surface area contributed by atoms with Crippen LogP contribution in [-0.4, -0.2) is 33.4 Å². The molecule has 104 valence electrons. The summed E-state index contributed by atoms with van der Waals surface area (Å²) >= 11 is 0. The first-order chi connectivity index (χ1) is 9.79. The van der Waals surface area contributed by atoms with Gasteiger partial charge in [0.1, 0.15) is 0 Å². The van der Waals surface area contributed by atoms with E-state index < -0.39 is 0 Å². The van der Waals surface area contributed by atoms with Crippen LogP contribution in [-0.2, 0) is 0 Å². The lowest BCUT2D eigenvalue weighted by Gasteiger charge is -2.28. The predicted molar refractivity (Wildman–Crippen MR) is 79.6 cm³/mol. The van der Waals surface area contributed by atoms with Crippen molar-refractivity contribution >= 4 is 16.9 Å². The van der Waals surface area contributed by atoms with Gasteiger partial charge >= 0.3 is 0 Å². The third-order valence-corrected chi connectivity index (χ3v) is 4.02.